The van der Waals surface area contributed by atoms with Crippen molar-refractivity contribution in [2.75, 3.05) is 14.2 Å². The molecule has 0 aliphatic carbocycles. The van der Waals surface area contributed by atoms with Crippen molar-refractivity contribution in [1.82, 2.24) is 5.32 Å². The van der Waals surface area contributed by atoms with E-state index in [2.05, 4.69) is 14.8 Å². The maximum Gasteiger partial charge on any atom is 0.328 e. The van der Waals surface area contributed by atoms with E-state index < -0.39 is 53.4 Å². The van der Waals surface area contributed by atoms with Crippen LogP contribution in [0.2, 0.25) is 0 Å². The molecule has 0 fully saturated rings. The smallest absolute Gasteiger partial charge is 0.328 e. The standard InChI is InChI=1S/C16H19F2NO5/c1-9(15(21)23-2)7-13(16(22)24-3)19-14(20)8-10-11(17)5-4-6-12(10)18/h4-6,9,13H,7-8H2,1-3H3,(H,19,20)/t9-,13+/m0/s1. The lowest BCUT2D eigenvalue weighted by molar-refractivity contribution is -0.148. The van der Waals surface area contributed by atoms with Crippen molar-refractivity contribution in [1.29, 1.82) is 0 Å². The molecule has 24 heavy (non-hydrogen) atoms. The zero-order valence-corrected chi connectivity index (χ0v) is 13.6. The average Bonchev–Trinajstić information content (AvgIpc) is 2.56. The fraction of sp³-hybridized carbons (Fsp3) is 0.438. The number of esters is 2. The van der Waals surface area contributed by atoms with E-state index in [0.29, 0.717) is 0 Å². The molecule has 132 valence electrons. The van der Waals surface area contributed by atoms with Gasteiger partial charge in [-0.15, -0.1) is 0 Å². The topological polar surface area (TPSA) is 81.7 Å². The Kier molecular flexibility index (Phi) is 7.29. The number of ether oxygens (including phenoxy) is 2. The third kappa shape index (κ3) is 5.29. The average molecular weight is 343 g/mol. The summed E-state index contributed by atoms with van der Waals surface area (Å²) < 4.78 is 36.3. The highest BCUT2D eigenvalue weighted by Gasteiger charge is 2.27. The Balaban J connectivity index is 2.81. The molecule has 1 N–H and O–H groups in total. The van der Waals surface area contributed by atoms with Crippen molar-refractivity contribution in [2.45, 2.75) is 25.8 Å². The Hall–Kier alpha value is -2.51. The predicted molar refractivity (Wildman–Crippen MR) is 79.8 cm³/mol. The molecule has 1 aromatic carbocycles. The van der Waals surface area contributed by atoms with E-state index in [-0.39, 0.29) is 6.42 Å². The summed E-state index contributed by atoms with van der Waals surface area (Å²) in [6.07, 6.45) is -0.649. The Morgan fingerprint density at radius 3 is 2.12 bits per heavy atom. The number of amides is 1. The first kappa shape index (κ1) is 19.5. The van der Waals surface area contributed by atoms with Crippen LogP contribution in [0.4, 0.5) is 8.78 Å². The van der Waals surface area contributed by atoms with E-state index in [4.69, 9.17) is 0 Å². The molecule has 0 radical (unpaired) electrons. The van der Waals surface area contributed by atoms with Crippen LogP contribution in [0.5, 0.6) is 0 Å². The minimum atomic E-state index is -1.13. The molecule has 0 aliphatic heterocycles. The van der Waals surface area contributed by atoms with Crippen molar-refractivity contribution in [3.63, 3.8) is 0 Å². The number of benzene rings is 1. The molecule has 6 nitrogen and oxygen atoms in total. The van der Waals surface area contributed by atoms with Crippen molar-refractivity contribution < 1.29 is 32.6 Å². The normalized spacial score (nSPS) is 12.9. The first-order valence-corrected chi connectivity index (χ1v) is 7.18. The van der Waals surface area contributed by atoms with Gasteiger partial charge in [0.05, 0.1) is 26.6 Å². The summed E-state index contributed by atoms with van der Waals surface area (Å²) in [4.78, 5) is 35.2. The summed E-state index contributed by atoms with van der Waals surface area (Å²) >= 11 is 0. The van der Waals surface area contributed by atoms with Crippen molar-refractivity contribution in [3.05, 3.63) is 35.4 Å². The first-order valence-electron chi connectivity index (χ1n) is 7.18. The summed E-state index contributed by atoms with van der Waals surface area (Å²) in [6, 6.07) is 2.11. The maximum atomic E-state index is 13.6. The summed E-state index contributed by atoms with van der Waals surface area (Å²) in [5, 5.41) is 2.33. The molecule has 0 saturated heterocycles. The van der Waals surface area contributed by atoms with Crippen molar-refractivity contribution in [2.24, 2.45) is 5.92 Å². The number of methoxy groups -OCH3 is 2. The molecule has 8 heteroatoms. The van der Waals surface area contributed by atoms with Crippen LogP contribution in [0, 0.1) is 17.6 Å². The van der Waals surface area contributed by atoms with E-state index in [1.807, 2.05) is 0 Å². The number of hydrogen-bond acceptors (Lipinski definition) is 5. The molecular weight excluding hydrogens is 324 g/mol. The van der Waals surface area contributed by atoms with Crippen molar-refractivity contribution >= 4 is 17.8 Å². The van der Waals surface area contributed by atoms with E-state index in [1.165, 1.54) is 20.1 Å². The molecule has 1 amide bonds. The van der Waals surface area contributed by atoms with Gasteiger partial charge in [-0.25, -0.2) is 13.6 Å². The van der Waals surface area contributed by atoms with Crippen LogP contribution in [0.15, 0.2) is 18.2 Å². The van der Waals surface area contributed by atoms with Gasteiger partial charge in [0.1, 0.15) is 17.7 Å². The van der Waals surface area contributed by atoms with Crippen LogP contribution >= 0.6 is 0 Å². The molecule has 0 heterocycles. The molecule has 0 spiro atoms. The number of nitrogens with one attached hydrogen (secondary N) is 1. The Labute approximate surface area is 138 Å². The molecule has 0 saturated carbocycles. The lowest BCUT2D eigenvalue weighted by Gasteiger charge is -2.19. The molecule has 1 rings (SSSR count). The third-order valence-corrected chi connectivity index (χ3v) is 3.41. The number of halogens is 2. The van der Waals surface area contributed by atoms with Gasteiger partial charge >= 0.3 is 11.9 Å². The first-order chi connectivity index (χ1) is 11.3. The van der Waals surface area contributed by atoms with Gasteiger partial charge in [-0.2, -0.15) is 0 Å². The van der Waals surface area contributed by atoms with E-state index in [0.717, 1.165) is 19.2 Å². The third-order valence-electron chi connectivity index (χ3n) is 3.41. The summed E-state index contributed by atoms with van der Waals surface area (Å²) in [7, 11) is 2.33. The number of carbonyl (C=O) groups excluding carboxylic acids is 3. The summed E-state index contributed by atoms with van der Waals surface area (Å²) in [6.45, 7) is 1.52. The van der Waals surface area contributed by atoms with Gasteiger partial charge in [0, 0.05) is 5.56 Å². The Morgan fingerprint density at radius 1 is 1.08 bits per heavy atom. The molecular formula is C16H19F2NO5. The van der Waals surface area contributed by atoms with Gasteiger partial charge in [-0.3, -0.25) is 9.59 Å². The zero-order chi connectivity index (χ0) is 18.3. The summed E-state index contributed by atoms with van der Waals surface area (Å²) in [5.41, 5.74) is -0.403. The predicted octanol–water partition coefficient (Wildman–Crippen LogP) is 1.36. The van der Waals surface area contributed by atoms with Gasteiger partial charge < -0.3 is 14.8 Å². The minimum Gasteiger partial charge on any atom is -0.469 e. The Bertz CT molecular complexity index is 600. The number of rotatable bonds is 7. The number of hydrogen-bond donors (Lipinski definition) is 1. The monoisotopic (exact) mass is 343 g/mol. The molecule has 0 aliphatic rings. The maximum absolute atomic E-state index is 13.6. The lowest BCUT2D eigenvalue weighted by Crippen LogP contribution is -2.44. The van der Waals surface area contributed by atoms with Crippen LogP contribution < -0.4 is 5.32 Å². The number of carbonyl (C=O) groups is 3. The van der Waals surface area contributed by atoms with E-state index in [9.17, 15) is 23.2 Å². The summed E-state index contributed by atoms with van der Waals surface area (Å²) in [5.74, 6) is -4.49. The quantitative estimate of drug-likeness (QED) is 0.756. The van der Waals surface area contributed by atoms with Crippen LogP contribution in [0.3, 0.4) is 0 Å². The highest BCUT2D eigenvalue weighted by Crippen LogP contribution is 2.14. The van der Waals surface area contributed by atoms with Crippen LogP contribution in [0.25, 0.3) is 0 Å². The second kappa shape index (κ2) is 8.95. The van der Waals surface area contributed by atoms with Crippen LogP contribution in [-0.2, 0) is 30.3 Å². The fourth-order valence-corrected chi connectivity index (χ4v) is 2.11. The fourth-order valence-electron chi connectivity index (χ4n) is 2.11. The highest BCUT2D eigenvalue weighted by atomic mass is 19.1. The molecule has 0 bridgehead atoms. The second-order valence-electron chi connectivity index (χ2n) is 5.18. The van der Waals surface area contributed by atoms with Gasteiger partial charge in [0.2, 0.25) is 5.91 Å². The molecule has 2 atom stereocenters. The highest BCUT2D eigenvalue weighted by molar-refractivity contribution is 5.86. The lowest BCUT2D eigenvalue weighted by atomic mass is 10.0. The van der Waals surface area contributed by atoms with Crippen molar-refractivity contribution in [3.8, 4) is 0 Å². The SMILES string of the molecule is COC(=O)[C@@H](C)C[C@@H](NC(=O)Cc1c(F)cccc1F)C(=O)OC. The van der Waals surface area contributed by atoms with Gasteiger partial charge in [0.15, 0.2) is 0 Å². The molecule has 0 unspecified atom stereocenters. The van der Waals surface area contributed by atoms with Gasteiger partial charge in [0.25, 0.3) is 0 Å². The van der Waals surface area contributed by atoms with Gasteiger partial charge in [-0.1, -0.05) is 13.0 Å². The minimum absolute atomic E-state index is 0.0646. The second-order valence-corrected chi connectivity index (χ2v) is 5.18. The molecule has 1 aromatic rings. The van der Waals surface area contributed by atoms with E-state index in [1.54, 1.807) is 0 Å². The van der Waals surface area contributed by atoms with Crippen LogP contribution in [-0.4, -0.2) is 38.1 Å². The van der Waals surface area contributed by atoms with Crippen LogP contribution in [0.1, 0.15) is 18.9 Å². The van der Waals surface area contributed by atoms with Gasteiger partial charge in [-0.05, 0) is 18.6 Å². The molecule has 0 aromatic heterocycles. The largest absolute Gasteiger partial charge is 0.469 e. The zero-order valence-electron chi connectivity index (χ0n) is 13.6. The Morgan fingerprint density at radius 2 is 1.62 bits per heavy atom. The van der Waals surface area contributed by atoms with E-state index >= 15 is 0 Å².